The number of nitrogens with zero attached hydrogens (tertiary/aromatic N) is 1. The van der Waals surface area contributed by atoms with Gasteiger partial charge in [-0.15, -0.1) is 0 Å². The molecule has 1 aliphatic heterocycles. The molecule has 0 bridgehead atoms. The van der Waals surface area contributed by atoms with Crippen LogP contribution in [-0.4, -0.2) is 6.21 Å². The largest absolute Gasteiger partial charge is 0.601 e. The van der Waals surface area contributed by atoms with Gasteiger partial charge in [0, 0.05) is 6.07 Å². The molecule has 1 aromatic carbocycles. The Morgan fingerprint density at radius 1 is 1.30 bits per heavy atom. The molecule has 1 atom stereocenters. The predicted molar refractivity (Wildman–Crippen MR) is 38.0 cm³/mol. The van der Waals surface area contributed by atoms with Crippen LogP contribution in [-0.2, 0) is 0 Å². The van der Waals surface area contributed by atoms with Crippen molar-refractivity contribution in [2.75, 3.05) is 0 Å². The minimum absolute atomic E-state index is 0.129. The van der Waals surface area contributed by atoms with Gasteiger partial charge in [-0.25, -0.2) is 5.17 Å². The summed E-state index contributed by atoms with van der Waals surface area (Å²) < 4.78 is 0. The summed E-state index contributed by atoms with van der Waals surface area (Å²) in [7, 11) is 0. The van der Waals surface area contributed by atoms with Crippen LogP contribution in [0.1, 0.15) is 5.56 Å². The van der Waals surface area contributed by atoms with E-state index in [-0.39, 0.29) is 5.17 Å². The number of nitrogens with one attached hydrogen (secondary N) is 1. The van der Waals surface area contributed by atoms with E-state index in [0.29, 0.717) is 5.69 Å². The van der Waals surface area contributed by atoms with Crippen molar-refractivity contribution in [1.82, 2.24) is 0 Å². The van der Waals surface area contributed by atoms with E-state index in [9.17, 15) is 5.21 Å². The van der Waals surface area contributed by atoms with Gasteiger partial charge in [0.05, 0.1) is 11.8 Å². The van der Waals surface area contributed by atoms with Crippen LogP contribution in [0.25, 0.3) is 0 Å². The fourth-order valence-electron chi connectivity index (χ4n) is 1.00. The highest BCUT2D eigenvalue weighted by Crippen LogP contribution is 2.10. The normalized spacial score (nSPS) is 21.1. The van der Waals surface area contributed by atoms with Crippen LogP contribution in [0.4, 0.5) is 5.69 Å². The summed E-state index contributed by atoms with van der Waals surface area (Å²) >= 11 is 0. The van der Waals surface area contributed by atoms with Crippen molar-refractivity contribution in [1.29, 1.82) is 0 Å². The van der Waals surface area contributed by atoms with Gasteiger partial charge in [-0.2, -0.15) is 0 Å². The Kier molecular flexibility index (Phi) is 1.06. The molecular formula is C7H6N2O. The van der Waals surface area contributed by atoms with E-state index in [4.69, 9.17) is 0 Å². The van der Waals surface area contributed by atoms with E-state index >= 15 is 0 Å². The van der Waals surface area contributed by atoms with E-state index in [0.717, 1.165) is 5.56 Å². The average Bonchev–Trinajstić information content (AvgIpc) is 2.34. The third-order valence-electron chi connectivity index (χ3n) is 1.51. The first kappa shape index (κ1) is 5.58. The lowest BCUT2D eigenvalue weighted by Crippen LogP contribution is -2.95. The maximum absolute atomic E-state index is 10.9. The molecular weight excluding hydrogens is 128 g/mol. The van der Waals surface area contributed by atoms with Gasteiger partial charge in [0.25, 0.3) is 0 Å². The third kappa shape index (κ3) is 0.650. The molecule has 10 heavy (non-hydrogen) atoms. The van der Waals surface area contributed by atoms with E-state index in [2.05, 4.69) is 5.10 Å². The number of hydrogen-bond acceptors (Lipinski definition) is 2. The van der Waals surface area contributed by atoms with Crippen LogP contribution in [0.15, 0.2) is 29.4 Å². The van der Waals surface area contributed by atoms with Crippen LogP contribution < -0.4 is 5.17 Å². The molecule has 0 aliphatic carbocycles. The van der Waals surface area contributed by atoms with Crippen LogP contribution in [0.3, 0.4) is 0 Å². The van der Waals surface area contributed by atoms with E-state index in [1.165, 1.54) is 0 Å². The van der Waals surface area contributed by atoms with Gasteiger partial charge < -0.3 is 5.21 Å². The second-order valence-corrected chi connectivity index (χ2v) is 2.15. The predicted octanol–water partition coefficient (Wildman–Crippen LogP) is 0.0483. The zero-order valence-corrected chi connectivity index (χ0v) is 5.24. The minimum Gasteiger partial charge on any atom is -0.601 e. The van der Waals surface area contributed by atoms with Gasteiger partial charge in [-0.05, 0) is 6.07 Å². The highest BCUT2D eigenvalue weighted by molar-refractivity contribution is 5.86. The summed E-state index contributed by atoms with van der Waals surface area (Å²) in [5.41, 5.74) is 1.63. The molecule has 0 radical (unpaired) electrons. The fourth-order valence-corrected chi connectivity index (χ4v) is 1.00. The van der Waals surface area contributed by atoms with E-state index in [1.807, 2.05) is 18.2 Å². The van der Waals surface area contributed by atoms with Crippen LogP contribution in [0.2, 0.25) is 0 Å². The fraction of sp³-hybridized carbons (Fsp3) is 0. The number of fused-ring (bicyclic) bond motifs is 1. The van der Waals surface area contributed by atoms with E-state index < -0.39 is 0 Å². The molecule has 1 N–H and O–H groups in total. The molecule has 3 nitrogen and oxygen atoms in total. The maximum Gasteiger partial charge on any atom is 0.166 e. The van der Waals surface area contributed by atoms with Gasteiger partial charge >= 0.3 is 0 Å². The molecule has 50 valence electrons. The molecule has 0 spiro atoms. The molecule has 0 fully saturated rings. The smallest absolute Gasteiger partial charge is 0.166 e. The van der Waals surface area contributed by atoms with Crippen molar-refractivity contribution in [3.05, 3.63) is 35.0 Å². The molecule has 1 aromatic rings. The average molecular weight is 134 g/mol. The number of benzene rings is 1. The Bertz CT molecular complexity index is 283. The zero-order chi connectivity index (χ0) is 6.97. The molecule has 1 heterocycles. The number of hydrogen-bond donors (Lipinski definition) is 1. The molecule has 1 unspecified atom stereocenters. The van der Waals surface area contributed by atoms with Crippen molar-refractivity contribution >= 4 is 11.9 Å². The highest BCUT2D eigenvalue weighted by atomic mass is 16.5. The SMILES string of the molecule is [O-][NH+]1N=Cc2ccccc21. The lowest BCUT2D eigenvalue weighted by atomic mass is 10.2. The Morgan fingerprint density at radius 3 is 2.90 bits per heavy atom. The molecule has 2 rings (SSSR count). The lowest BCUT2D eigenvalue weighted by molar-refractivity contribution is -0.780. The van der Waals surface area contributed by atoms with Crippen LogP contribution in [0.5, 0.6) is 0 Å². The van der Waals surface area contributed by atoms with Gasteiger partial charge in [-0.1, -0.05) is 17.2 Å². The number of rotatable bonds is 0. The zero-order valence-electron chi connectivity index (χ0n) is 5.24. The monoisotopic (exact) mass is 134 g/mol. The molecule has 0 aromatic heterocycles. The number of quaternary nitrogens is 1. The standard InChI is InChI=1S/C7H6N2O/c10-9-7-4-2-1-3-6(7)5-8-9/h1-5,9H. The Labute approximate surface area is 58.2 Å². The lowest BCUT2D eigenvalue weighted by Gasteiger charge is -2.08. The molecule has 0 saturated heterocycles. The van der Waals surface area contributed by atoms with Crippen LogP contribution >= 0.6 is 0 Å². The molecule has 1 aliphatic rings. The highest BCUT2D eigenvalue weighted by Gasteiger charge is 2.11. The van der Waals surface area contributed by atoms with Crippen molar-refractivity contribution in [2.24, 2.45) is 5.10 Å². The summed E-state index contributed by atoms with van der Waals surface area (Å²) in [6.07, 6.45) is 1.59. The Balaban J connectivity index is 2.59. The summed E-state index contributed by atoms with van der Waals surface area (Å²) in [5, 5.41) is 14.4. The maximum atomic E-state index is 10.9. The first-order valence-corrected chi connectivity index (χ1v) is 3.05. The van der Waals surface area contributed by atoms with Gasteiger partial charge in [0.1, 0.15) is 0 Å². The second kappa shape index (κ2) is 1.90. The Morgan fingerprint density at radius 2 is 2.10 bits per heavy atom. The quantitative estimate of drug-likeness (QED) is 0.500. The van der Waals surface area contributed by atoms with Crippen molar-refractivity contribution < 1.29 is 5.17 Å². The second-order valence-electron chi connectivity index (χ2n) is 2.15. The Hall–Kier alpha value is -1.19. The van der Waals surface area contributed by atoms with Crippen molar-refractivity contribution in [3.8, 4) is 0 Å². The van der Waals surface area contributed by atoms with Gasteiger partial charge in [-0.3, -0.25) is 0 Å². The van der Waals surface area contributed by atoms with Crippen LogP contribution in [0, 0.1) is 5.21 Å². The molecule has 3 heteroatoms. The van der Waals surface area contributed by atoms with Crippen molar-refractivity contribution in [2.45, 2.75) is 0 Å². The summed E-state index contributed by atoms with van der Waals surface area (Å²) in [4.78, 5) is 0. The van der Waals surface area contributed by atoms with Crippen molar-refractivity contribution in [3.63, 3.8) is 0 Å². The topological polar surface area (TPSA) is 39.9 Å². The third-order valence-corrected chi connectivity index (χ3v) is 1.51. The first-order chi connectivity index (χ1) is 4.88. The van der Waals surface area contributed by atoms with Gasteiger partial charge in [0.15, 0.2) is 5.69 Å². The molecule has 0 amide bonds. The van der Waals surface area contributed by atoms with E-state index in [1.54, 1.807) is 12.3 Å². The summed E-state index contributed by atoms with van der Waals surface area (Å²) in [5.74, 6) is 0. The minimum atomic E-state index is -0.129. The van der Waals surface area contributed by atoms with Gasteiger partial charge in [0.2, 0.25) is 0 Å². The first-order valence-electron chi connectivity index (χ1n) is 3.05. The summed E-state index contributed by atoms with van der Waals surface area (Å²) in [6, 6.07) is 7.39. The molecule has 0 saturated carbocycles. The summed E-state index contributed by atoms with van der Waals surface area (Å²) in [6.45, 7) is 0.